The molecule has 0 spiro atoms. The molecule has 0 unspecified atom stereocenters. The van der Waals surface area contributed by atoms with Gasteiger partial charge in [-0.15, -0.1) is 0 Å². The zero-order valence-corrected chi connectivity index (χ0v) is 17.4. The lowest BCUT2D eigenvalue weighted by atomic mass is 10.1. The quantitative estimate of drug-likeness (QED) is 0.518. The summed E-state index contributed by atoms with van der Waals surface area (Å²) in [4.78, 5) is 4.36. The summed E-state index contributed by atoms with van der Waals surface area (Å²) in [6.07, 6.45) is 8.20. The van der Waals surface area contributed by atoms with Crippen LogP contribution in [0.5, 0.6) is 11.5 Å². The number of nitrogens with zero attached hydrogens (tertiary/aromatic N) is 1. The Morgan fingerprint density at radius 1 is 1.03 bits per heavy atom. The molecule has 5 nitrogen and oxygen atoms in total. The van der Waals surface area contributed by atoms with Crippen LogP contribution in [0.1, 0.15) is 37.2 Å². The van der Waals surface area contributed by atoms with E-state index in [0.29, 0.717) is 24.5 Å². The Balaban J connectivity index is 1.07. The molecule has 0 amide bonds. The number of hydrogen-bond donors (Lipinski definition) is 1. The fourth-order valence-electron chi connectivity index (χ4n) is 3.60. The second-order valence-corrected chi connectivity index (χ2v) is 8.30. The molecule has 1 aliphatic carbocycles. The first-order valence-electron chi connectivity index (χ1n) is 10.5. The van der Waals surface area contributed by atoms with E-state index in [1.807, 2.05) is 36.7 Å². The number of aromatic nitrogens is 1. The van der Waals surface area contributed by atoms with Crippen LogP contribution in [0.3, 0.4) is 0 Å². The van der Waals surface area contributed by atoms with Gasteiger partial charge in [0, 0.05) is 36.9 Å². The largest absolute Gasteiger partial charge is 0.494 e. The maximum Gasteiger partial charge on any atom is 0.137 e. The molecule has 2 heterocycles. The monoisotopic (exact) mass is 416 g/mol. The first-order chi connectivity index (χ1) is 14.3. The molecule has 0 radical (unpaired) electrons. The smallest absolute Gasteiger partial charge is 0.137 e. The highest BCUT2D eigenvalue weighted by Crippen LogP contribution is 2.49. The summed E-state index contributed by atoms with van der Waals surface area (Å²) < 4.78 is 17.3. The molecule has 1 saturated heterocycles. The Morgan fingerprint density at radius 2 is 1.90 bits per heavy atom. The van der Waals surface area contributed by atoms with Crippen molar-refractivity contribution in [3.8, 4) is 11.5 Å². The lowest BCUT2D eigenvalue weighted by Crippen LogP contribution is -2.46. The van der Waals surface area contributed by atoms with E-state index >= 15 is 0 Å². The van der Waals surface area contributed by atoms with Gasteiger partial charge in [-0.05, 0) is 73.5 Å². The molecule has 1 aromatic carbocycles. The molecule has 2 fully saturated rings. The van der Waals surface area contributed by atoms with Crippen molar-refractivity contribution in [2.75, 3.05) is 33.0 Å². The molecule has 1 N–H and O–H groups in total. The highest BCUT2D eigenvalue weighted by molar-refractivity contribution is 6.30. The minimum atomic E-state index is 0.501. The molecule has 156 valence electrons. The zero-order chi connectivity index (χ0) is 19.9. The molecule has 2 aromatic rings. The van der Waals surface area contributed by atoms with Crippen molar-refractivity contribution in [2.24, 2.45) is 5.92 Å². The summed E-state index contributed by atoms with van der Waals surface area (Å²) in [7, 11) is 0. The molecule has 29 heavy (non-hydrogen) atoms. The van der Waals surface area contributed by atoms with E-state index in [1.54, 1.807) is 0 Å². The number of pyridine rings is 1. The zero-order valence-electron chi connectivity index (χ0n) is 16.7. The topological polar surface area (TPSA) is 52.6 Å². The van der Waals surface area contributed by atoms with Gasteiger partial charge < -0.3 is 19.5 Å². The summed E-state index contributed by atoms with van der Waals surface area (Å²) in [5.41, 5.74) is 1.30. The van der Waals surface area contributed by atoms with E-state index in [1.165, 1.54) is 18.4 Å². The van der Waals surface area contributed by atoms with Crippen molar-refractivity contribution in [1.29, 1.82) is 0 Å². The molecule has 0 bridgehead atoms. The van der Waals surface area contributed by atoms with Crippen molar-refractivity contribution in [3.05, 3.63) is 53.3 Å². The minimum Gasteiger partial charge on any atom is -0.494 e. The van der Waals surface area contributed by atoms with Crippen LogP contribution in [-0.4, -0.2) is 44.0 Å². The van der Waals surface area contributed by atoms with Crippen molar-refractivity contribution in [3.63, 3.8) is 0 Å². The van der Waals surface area contributed by atoms with Crippen LogP contribution in [0.25, 0.3) is 0 Å². The minimum absolute atomic E-state index is 0.501. The molecule has 1 saturated carbocycles. The maximum atomic E-state index is 5.87. The predicted molar refractivity (Wildman–Crippen MR) is 114 cm³/mol. The van der Waals surface area contributed by atoms with E-state index in [0.717, 1.165) is 55.7 Å². The highest BCUT2D eigenvalue weighted by Gasteiger charge is 2.38. The Bertz CT molecular complexity index is 767. The first-order valence-corrected chi connectivity index (χ1v) is 10.9. The van der Waals surface area contributed by atoms with Crippen LogP contribution in [-0.2, 0) is 4.74 Å². The lowest BCUT2D eigenvalue weighted by molar-refractivity contribution is 0.114. The Hall–Kier alpha value is -1.82. The highest BCUT2D eigenvalue weighted by atomic mass is 35.5. The number of nitrogens with one attached hydrogen (secondary N) is 1. The molecular weight excluding hydrogens is 388 g/mol. The summed E-state index contributed by atoms with van der Waals surface area (Å²) in [6.45, 7) is 4.02. The number of rotatable bonds is 12. The molecule has 2 aliphatic rings. The van der Waals surface area contributed by atoms with Crippen molar-refractivity contribution < 1.29 is 14.2 Å². The van der Waals surface area contributed by atoms with Gasteiger partial charge in [-0.25, -0.2) is 0 Å². The van der Waals surface area contributed by atoms with Gasteiger partial charge in [0.1, 0.15) is 18.1 Å². The Morgan fingerprint density at radius 3 is 2.69 bits per heavy atom. The first kappa shape index (κ1) is 20.5. The van der Waals surface area contributed by atoms with Crippen LogP contribution in [0.4, 0.5) is 0 Å². The number of benzene rings is 1. The van der Waals surface area contributed by atoms with Gasteiger partial charge >= 0.3 is 0 Å². The van der Waals surface area contributed by atoms with Crippen molar-refractivity contribution in [2.45, 2.75) is 37.6 Å². The van der Waals surface area contributed by atoms with Crippen LogP contribution in [0.2, 0.25) is 5.02 Å². The third-order valence-corrected chi connectivity index (χ3v) is 5.86. The van der Waals surface area contributed by atoms with Gasteiger partial charge in [-0.1, -0.05) is 11.6 Å². The SMILES string of the molecule is Clc1ccc(OCCCOCC[C@H]2C[C@@H]2c2cncc(OC[C@@H]3CCN3)c2)cc1. The van der Waals surface area contributed by atoms with Crippen LogP contribution >= 0.6 is 11.6 Å². The molecule has 4 rings (SSSR count). The van der Waals surface area contributed by atoms with Crippen molar-refractivity contribution in [1.82, 2.24) is 10.3 Å². The second kappa shape index (κ2) is 10.3. The second-order valence-electron chi connectivity index (χ2n) is 7.86. The van der Waals surface area contributed by atoms with Crippen LogP contribution in [0, 0.1) is 5.92 Å². The third-order valence-electron chi connectivity index (χ3n) is 5.61. The fraction of sp³-hybridized carbons (Fsp3) is 0.522. The van der Waals surface area contributed by atoms with Crippen LogP contribution < -0.4 is 14.8 Å². The summed E-state index contributed by atoms with van der Waals surface area (Å²) in [6, 6.07) is 10.1. The van der Waals surface area contributed by atoms with E-state index in [-0.39, 0.29) is 0 Å². The van der Waals surface area contributed by atoms with Crippen molar-refractivity contribution >= 4 is 11.6 Å². The van der Waals surface area contributed by atoms with Gasteiger partial charge in [0.05, 0.1) is 12.8 Å². The normalized spacial score (nSPS) is 22.7. The molecule has 1 aromatic heterocycles. The van der Waals surface area contributed by atoms with E-state index in [4.69, 9.17) is 25.8 Å². The van der Waals surface area contributed by atoms with Gasteiger partial charge in [0.15, 0.2) is 0 Å². The van der Waals surface area contributed by atoms with Crippen LogP contribution in [0.15, 0.2) is 42.7 Å². The van der Waals surface area contributed by atoms with Gasteiger partial charge in [-0.3, -0.25) is 4.98 Å². The average molecular weight is 417 g/mol. The van der Waals surface area contributed by atoms with E-state index < -0.39 is 0 Å². The molecule has 1 aliphatic heterocycles. The summed E-state index contributed by atoms with van der Waals surface area (Å²) in [5, 5.41) is 4.07. The molecular formula is C23H29ClN2O3. The van der Waals surface area contributed by atoms with E-state index in [2.05, 4.69) is 16.4 Å². The third kappa shape index (κ3) is 6.33. The molecule has 6 heteroatoms. The average Bonchev–Trinajstić information content (AvgIpc) is 3.47. The van der Waals surface area contributed by atoms with Gasteiger partial charge in [0.25, 0.3) is 0 Å². The van der Waals surface area contributed by atoms with Gasteiger partial charge in [-0.2, -0.15) is 0 Å². The Labute approximate surface area is 177 Å². The number of ether oxygens (including phenoxy) is 3. The predicted octanol–water partition coefficient (Wildman–Crippen LogP) is 4.46. The summed E-state index contributed by atoms with van der Waals surface area (Å²) >= 11 is 5.86. The fourth-order valence-corrected chi connectivity index (χ4v) is 3.72. The summed E-state index contributed by atoms with van der Waals surface area (Å²) in [5.74, 6) is 3.04. The standard InChI is InChI=1S/C23H29ClN2O3/c24-19-2-4-21(5-3-19)28-10-1-9-27-11-7-17-13-23(17)18-12-22(15-25-14-18)29-16-20-6-8-26-20/h2-5,12,14-15,17,20,23,26H,1,6-11,13,16H2/t17-,20-,23-/m0/s1. The number of halogens is 1. The Kier molecular flexibility index (Phi) is 7.25. The molecule has 3 atom stereocenters. The van der Waals surface area contributed by atoms with Gasteiger partial charge in [0.2, 0.25) is 0 Å². The maximum absolute atomic E-state index is 5.87. The van der Waals surface area contributed by atoms with E-state index in [9.17, 15) is 0 Å². The number of hydrogen-bond acceptors (Lipinski definition) is 5. The lowest BCUT2D eigenvalue weighted by Gasteiger charge is -2.27.